The minimum absolute atomic E-state index is 0.233. The maximum absolute atomic E-state index is 13.1. The molecule has 29 heavy (non-hydrogen) atoms. The number of fused-ring (bicyclic) bond motifs is 3. The fraction of sp³-hybridized carbons (Fsp3) is 0.619. The molecular weight excluding hydrogens is 370 g/mol. The number of aromatic nitrogens is 5. The minimum atomic E-state index is -0.519. The Morgan fingerprint density at radius 2 is 1.97 bits per heavy atom. The van der Waals surface area contributed by atoms with Gasteiger partial charge in [-0.15, -0.1) is 0 Å². The second-order valence-electron chi connectivity index (χ2n) is 9.60. The topological polar surface area (TPSA) is 83.3 Å². The van der Waals surface area contributed by atoms with Crippen molar-refractivity contribution in [2.45, 2.75) is 66.5 Å². The Morgan fingerprint density at radius 1 is 1.28 bits per heavy atom. The zero-order valence-corrected chi connectivity index (χ0v) is 18.0. The summed E-state index contributed by atoms with van der Waals surface area (Å²) in [7, 11) is 1.59. The van der Waals surface area contributed by atoms with E-state index < -0.39 is 11.2 Å². The van der Waals surface area contributed by atoms with Gasteiger partial charge in [-0.05, 0) is 44.4 Å². The molecule has 0 radical (unpaired) electrons. The molecule has 1 fully saturated rings. The lowest BCUT2D eigenvalue weighted by Gasteiger charge is -2.39. The lowest BCUT2D eigenvalue weighted by molar-refractivity contribution is -0.117. The Morgan fingerprint density at radius 3 is 2.59 bits per heavy atom. The predicted octanol–water partition coefficient (Wildman–Crippen LogP) is 2.43. The first-order valence-corrected chi connectivity index (χ1v) is 10.2. The second-order valence-corrected chi connectivity index (χ2v) is 9.60. The van der Waals surface area contributed by atoms with Gasteiger partial charge in [-0.3, -0.25) is 23.1 Å². The van der Waals surface area contributed by atoms with Crippen LogP contribution in [-0.4, -0.2) is 28.9 Å². The van der Waals surface area contributed by atoms with E-state index in [0.29, 0.717) is 28.9 Å². The number of aryl methyl sites for hydroxylation is 2. The van der Waals surface area contributed by atoms with Gasteiger partial charge in [0.05, 0.1) is 6.54 Å². The van der Waals surface area contributed by atoms with E-state index in [9.17, 15) is 14.4 Å². The third kappa shape index (κ3) is 3.05. The van der Waals surface area contributed by atoms with Gasteiger partial charge in [0.25, 0.3) is 5.56 Å². The molecule has 1 aliphatic carbocycles. The van der Waals surface area contributed by atoms with Crippen LogP contribution in [0.25, 0.3) is 16.9 Å². The first-order chi connectivity index (χ1) is 13.5. The van der Waals surface area contributed by atoms with Crippen molar-refractivity contribution < 1.29 is 4.79 Å². The van der Waals surface area contributed by atoms with Crippen LogP contribution in [0, 0.1) is 18.3 Å². The number of hydrogen-bond acceptors (Lipinski definition) is 4. The molecule has 3 aromatic heterocycles. The van der Waals surface area contributed by atoms with E-state index in [1.807, 2.05) is 13.1 Å². The average molecular weight is 399 g/mol. The zero-order valence-electron chi connectivity index (χ0n) is 18.0. The maximum atomic E-state index is 13.1. The van der Waals surface area contributed by atoms with E-state index in [0.717, 1.165) is 23.1 Å². The number of imidazole rings is 2. The van der Waals surface area contributed by atoms with Crippen molar-refractivity contribution >= 4 is 22.7 Å². The van der Waals surface area contributed by atoms with Gasteiger partial charge >= 0.3 is 5.69 Å². The Labute approximate surface area is 168 Å². The quantitative estimate of drug-likeness (QED) is 0.677. The van der Waals surface area contributed by atoms with Crippen LogP contribution in [0.2, 0.25) is 0 Å². The number of carbonyl (C=O) groups is 1. The normalized spacial score (nSPS) is 21.9. The molecule has 0 bridgehead atoms. The molecule has 1 aliphatic rings. The fourth-order valence-electron chi connectivity index (χ4n) is 5.33. The van der Waals surface area contributed by atoms with E-state index in [1.54, 1.807) is 11.4 Å². The summed E-state index contributed by atoms with van der Waals surface area (Å²) < 4.78 is 6.36. The molecule has 3 aromatic rings. The van der Waals surface area contributed by atoms with E-state index in [2.05, 4.69) is 25.3 Å². The van der Waals surface area contributed by atoms with Crippen LogP contribution in [0.1, 0.15) is 58.7 Å². The maximum Gasteiger partial charge on any atom is 0.332 e. The van der Waals surface area contributed by atoms with Gasteiger partial charge < -0.3 is 4.57 Å². The molecule has 8 heteroatoms. The molecule has 0 aliphatic heterocycles. The Bertz CT molecular complexity index is 1250. The molecule has 0 saturated heterocycles. The number of hydrogen-bond donors (Lipinski definition) is 0. The Balaban J connectivity index is 2.00. The summed E-state index contributed by atoms with van der Waals surface area (Å²) in [5.41, 5.74) is 0.980. The van der Waals surface area contributed by atoms with Crippen LogP contribution < -0.4 is 11.2 Å². The SMILES string of the molecule is CC(=O)Cn1c(=O)c2c(nc3n([C@H]4C[C@H](C)CC(C)(C)C4)c(C)cn23)n(C)c1=O. The monoisotopic (exact) mass is 399 g/mol. The fourth-order valence-corrected chi connectivity index (χ4v) is 5.33. The van der Waals surface area contributed by atoms with Gasteiger partial charge in [0, 0.05) is 25.0 Å². The van der Waals surface area contributed by atoms with Crippen molar-refractivity contribution in [1.82, 2.24) is 23.1 Å². The van der Waals surface area contributed by atoms with E-state index in [1.165, 1.54) is 17.9 Å². The minimum Gasteiger partial charge on any atom is -0.311 e. The van der Waals surface area contributed by atoms with Crippen LogP contribution in [0.3, 0.4) is 0 Å². The summed E-state index contributed by atoms with van der Waals surface area (Å²) in [6.45, 7) is 10.1. The molecule has 0 spiro atoms. The second kappa shape index (κ2) is 6.43. The molecule has 3 heterocycles. The first-order valence-electron chi connectivity index (χ1n) is 10.2. The largest absolute Gasteiger partial charge is 0.332 e. The van der Waals surface area contributed by atoms with E-state index in [4.69, 9.17) is 4.98 Å². The van der Waals surface area contributed by atoms with Crippen molar-refractivity contribution in [3.63, 3.8) is 0 Å². The third-order valence-corrected chi connectivity index (χ3v) is 6.18. The average Bonchev–Trinajstić information content (AvgIpc) is 3.09. The highest BCUT2D eigenvalue weighted by molar-refractivity contribution is 5.78. The predicted molar refractivity (Wildman–Crippen MR) is 111 cm³/mol. The number of carbonyl (C=O) groups excluding carboxylic acids is 1. The van der Waals surface area contributed by atoms with Crippen molar-refractivity contribution in [3.8, 4) is 0 Å². The van der Waals surface area contributed by atoms with Crippen LogP contribution in [0.5, 0.6) is 0 Å². The van der Waals surface area contributed by atoms with E-state index >= 15 is 0 Å². The first kappa shape index (κ1) is 19.7. The van der Waals surface area contributed by atoms with Crippen LogP contribution >= 0.6 is 0 Å². The number of rotatable bonds is 3. The highest BCUT2D eigenvalue weighted by atomic mass is 16.2. The lowest BCUT2D eigenvalue weighted by atomic mass is 9.70. The molecule has 156 valence electrons. The summed E-state index contributed by atoms with van der Waals surface area (Å²) in [4.78, 5) is 42.0. The molecule has 0 aromatic carbocycles. The molecule has 8 nitrogen and oxygen atoms in total. The molecule has 2 atom stereocenters. The number of ketones is 1. The van der Waals surface area contributed by atoms with Gasteiger partial charge in [0.2, 0.25) is 5.78 Å². The molecule has 0 amide bonds. The molecule has 0 unspecified atom stereocenters. The van der Waals surface area contributed by atoms with Crippen molar-refractivity contribution in [2.24, 2.45) is 18.4 Å². The summed E-state index contributed by atoms with van der Waals surface area (Å²) >= 11 is 0. The van der Waals surface area contributed by atoms with Crippen LogP contribution in [0.4, 0.5) is 0 Å². The highest BCUT2D eigenvalue weighted by Crippen LogP contribution is 2.44. The van der Waals surface area contributed by atoms with Gasteiger partial charge in [0.1, 0.15) is 5.78 Å². The van der Waals surface area contributed by atoms with Crippen molar-refractivity contribution in [1.29, 1.82) is 0 Å². The molecule has 0 N–H and O–H groups in total. The highest BCUT2D eigenvalue weighted by Gasteiger charge is 2.34. The van der Waals surface area contributed by atoms with Gasteiger partial charge in [0.15, 0.2) is 11.2 Å². The van der Waals surface area contributed by atoms with Gasteiger partial charge in [-0.25, -0.2) is 4.79 Å². The van der Waals surface area contributed by atoms with Gasteiger partial charge in [-0.2, -0.15) is 4.98 Å². The summed E-state index contributed by atoms with van der Waals surface area (Å²) in [6.07, 6.45) is 5.21. The summed E-state index contributed by atoms with van der Waals surface area (Å²) in [6, 6.07) is 0.291. The van der Waals surface area contributed by atoms with Gasteiger partial charge in [-0.1, -0.05) is 20.8 Å². The molecular formula is C21H29N5O3. The third-order valence-electron chi connectivity index (χ3n) is 6.18. The van der Waals surface area contributed by atoms with Crippen LogP contribution in [0.15, 0.2) is 15.8 Å². The summed E-state index contributed by atoms with van der Waals surface area (Å²) in [5, 5.41) is 0. The zero-order chi connectivity index (χ0) is 21.2. The molecule has 1 saturated carbocycles. The number of nitrogens with zero attached hydrogens (tertiary/aromatic N) is 5. The Kier molecular flexibility index (Phi) is 4.36. The van der Waals surface area contributed by atoms with Crippen molar-refractivity contribution in [3.05, 3.63) is 32.7 Å². The summed E-state index contributed by atoms with van der Waals surface area (Å²) in [5.74, 6) is 1.05. The lowest BCUT2D eigenvalue weighted by Crippen LogP contribution is -2.40. The number of Topliss-reactive ketones (excluding diaryl/α,β-unsaturated/α-hetero) is 1. The van der Waals surface area contributed by atoms with E-state index in [-0.39, 0.29) is 17.7 Å². The standard InChI is InChI=1S/C21H29N5O3/c1-12-7-15(9-21(4,5)8-12)26-13(2)10-24-16-17(22-19(24)26)23(6)20(29)25(18(16)28)11-14(3)27/h10,12,15H,7-9,11H2,1-6H3/t12-,15-/m0/s1. The van der Waals surface area contributed by atoms with Crippen LogP contribution in [-0.2, 0) is 18.4 Å². The molecule has 4 rings (SSSR count). The smallest absolute Gasteiger partial charge is 0.311 e. The van der Waals surface area contributed by atoms with Crippen molar-refractivity contribution in [2.75, 3.05) is 0 Å². The Hall–Kier alpha value is -2.64.